The molecular formula is C21H27NO4. The maximum atomic E-state index is 13.5. The number of Topliss-reactive ketones (excluding diaryl/α,β-unsaturated/α-hetero) is 2. The van der Waals surface area contributed by atoms with Gasteiger partial charge >= 0.3 is 0 Å². The summed E-state index contributed by atoms with van der Waals surface area (Å²) in [6, 6.07) is -0.0350. The number of nitrogens with zero attached hydrogens (tertiary/aromatic N) is 1. The highest BCUT2D eigenvalue weighted by molar-refractivity contribution is 5.96. The second kappa shape index (κ2) is 4.18. The fraction of sp³-hybridized carbons (Fsp3) is 0.810. The minimum absolute atomic E-state index is 0.0350. The number of carbonyl (C=O) groups is 2. The minimum Gasteiger partial charge on any atom is -0.393 e. The van der Waals surface area contributed by atoms with Crippen molar-refractivity contribution in [1.29, 1.82) is 0 Å². The molecule has 0 radical (unpaired) electrons. The van der Waals surface area contributed by atoms with Crippen LogP contribution in [0, 0.1) is 39.9 Å². The van der Waals surface area contributed by atoms with Gasteiger partial charge in [-0.05, 0) is 43.2 Å². The molecule has 7 aliphatic rings. The van der Waals surface area contributed by atoms with Crippen molar-refractivity contribution in [3.05, 3.63) is 12.2 Å². The Bertz CT molecular complexity index is 793. The topological polar surface area (TPSA) is 77.8 Å². The average Bonchev–Trinajstić information content (AvgIpc) is 2.63. The number of aliphatic hydroxyl groups excluding tert-OH is 2. The molecule has 1 saturated heterocycles. The van der Waals surface area contributed by atoms with Crippen LogP contribution in [0.15, 0.2) is 12.2 Å². The van der Waals surface area contributed by atoms with Crippen molar-refractivity contribution in [3.8, 4) is 0 Å². The minimum atomic E-state index is -0.766. The molecule has 7 fully saturated rings. The molecular weight excluding hydrogens is 330 g/mol. The van der Waals surface area contributed by atoms with Crippen molar-refractivity contribution in [3.63, 3.8) is 0 Å². The Hall–Kier alpha value is -1.04. The Kier molecular flexibility index (Phi) is 2.57. The number of aliphatic hydroxyl groups is 2. The normalized spacial score (nSPS) is 62.8. The summed E-state index contributed by atoms with van der Waals surface area (Å²) in [7, 11) is 2.08. The van der Waals surface area contributed by atoms with Crippen molar-refractivity contribution >= 4 is 11.6 Å². The number of likely N-dealkylation sites (tertiary alicyclic amines) is 1. The van der Waals surface area contributed by atoms with E-state index in [2.05, 4.69) is 25.5 Å². The Morgan fingerprint density at radius 1 is 1.19 bits per heavy atom. The summed E-state index contributed by atoms with van der Waals surface area (Å²) in [6.45, 7) is 6.95. The summed E-state index contributed by atoms with van der Waals surface area (Å²) in [5.74, 6) is -0.102. The van der Waals surface area contributed by atoms with Crippen LogP contribution in [0.5, 0.6) is 0 Å². The highest BCUT2D eigenvalue weighted by Gasteiger charge is 2.85. The summed E-state index contributed by atoms with van der Waals surface area (Å²) in [4.78, 5) is 29.3. The van der Waals surface area contributed by atoms with E-state index < -0.39 is 17.6 Å². The van der Waals surface area contributed by atoms with E-state index in [-0.39, 0.29) is 52.1 Å². The lowest BCUT2D eigenvalue weighted by Crippen LogP contribution is -2.70. The number of fused-ring (bicyclic) bond motifs is 1. The number of ketones is 2. The van der Waals surface area contributed by atoms with Crippen molar-refractivity contribution < 1.29 is 19.8 Å². The van der Waals surface area contributed by atoms with Crippen LogP contribution in [0.2, 0.25) is 0 Å². The molecule has 6 saturated carbocycles. The predicted octanol–water partition coefficient (Wildman–Crippen LogP) is 0.789. The highest BCUT2D eigenvalue weighted by atomic mass is 16.3. The number of piperidine rings is 1. The zero-order valence-electron chi connectivity index (χ0n) is 15.4. The summed E-state index contributed by atoms with van der Waals surface area (Å²) in [5, 5.41) is 22.0. The van der Waals surface area contributed by atoms with Gasteiger partial charge in [0.15, 0.2) is 0 Å². The number of carbonyl (C=O) groups excluding carboxylic acids is 2. The molecule has 1 aliphatic heterocycles. The van der Waals surface area contributed by atoms with Gasteiger partial charge in [0.2, 0.25) is 0 Å². The molecule has 6 bridgehead atoms. The van der Waals surface area contributed by atoms with Gasteiger partial charge in [-0.3, -0.25) is 9.59 Å². The molecule has 10 unspecified atom stereocenters. The number of rotatable bonds is 0. The Labute approximate surface area is 153 Å². The smallest absolute Gasteiger partial charge is 0.145 e. The van der Waals surface area contributed by atoms with E-state index in [9.17, 15) is 19.8 Å². The summed E-state index contributed by atoms with van der Waals surface area (Å²) >= 11 is 0. The zero-order chi connectivity index (χ0) is 18.4. The fourth-order valence-corrected chi connectivity index (χ4v) is 9.63. The van der Waals surface area contributed by atoms with Gasteiger partial charge < -0.3 is 15.1 Å². The van der Waals surface area contributed by atoms with Gasteiger partial charge in [0, 0.05) is 47.6 Å². The fourth-order valence-electron chi connectivity index (χ4n) is 9.63. The van der Waals surface area contributed by atoms with E-state index in [0.717, 1.165) is 6.54 Å². The molecule has 0 aromatic rings. The summed E-state index contributed by atoms with van der Waals surface area (Å²) in [5.41, 5.74) is -0.669. The molecule has 10 atom stereocenters. The summed E-state index contributed by atoms with van der Waals surface area (Å²) in [6.07, 6.45) is 1.07. The molecule has 5 nitrogen and oxygen atoms in total. The van der Waals surface area contributed by atoms with E-state index in [0.29, 0.717) is 31.3 Å². The second-order valence-electron chi connectivity index (χ2n) is 10.6. The van der Waals surface area contributed by atoms with Gasteiger partial charge in [-0.2, -0.15) is 0 Å². The highest BCUT2D eigenvalue weighted by Crippen LogP contribution is 2.81. The predicted molar refractivity (Wildman–Crippen MR) is 93.0 cm³/mol. The van der Waals surface area contributed by atoms with Crippen LogP contribution in [-0.2, 0) is 9.59 Å². The Balaban J connectivity index is 1.69. The molecule has 6 aliphatic carbocycles. The molecule has 7 rings (SSSR count). The number of hydrogen-bond acceptors (Lipinski definition) is 5. The van der Waals surface area contributed by atoms with Crippen LogP contribution in [0.3, 0.4) is 0 Å². The molecule has 0 amide bonds. The zero-order valence-corrected chi connectivity index (χ0v) is 15.4. The quantitative estimate of drug-likeness (QED) is 0.627. The van der Waals surface area contributed by atoms with Crippen LogP contribution in [0.25, 0.3) is 0 Å². The molecule has 5 heteroatoms. The molecule has 26 heavy (non-hydrogen) atoms. The average molecular weight is 357 g/mol. The van der Waals surface area contributed by atoms with Crippen LogP contribution < -0.4 is 0 Å². The van der Waals surface area contributed by atoms with Crippen LogP contribution in [0.1, 0.15) is 32.6 Å². The third-order valence-corrected chi connectivity index (χ3v) is 9.59. The lowest BCUT2D eigenvalue weighted by Gasteiger charge is -2.67. The monoisotopic (exact) mass is 357 g/mol. The second-order valence-corrected chi connectivity index (χ2v) is 10.6. The van der Waals surface area contributed by atoms with Crippen LogP contribution in [0.4, 0.5) is 0 Å². The Morgan fingerprint density at radius 2 is 1.92 bits per heavy atom. The van der Waals surface area contributed by atoms with Crippen molar-refractivity contribution in [2.75, 3.05) is 13.6 Å². The van der Waals surface area contributed by atoms with Gasteiger partial charge in [0.05, 0.1) is 12.2 Å². The SMILES string of the molecule is C=C1C2CC3C4(CC(=O)C5C6(C)CC(O)CC53C(C4C2=O)N(C)C6)C1O. The van der Waals surface area contributed by atoms with Gasteiger partial charge in [-0.25, -0.2) is 0 Å². The van der Waals surface area contributed by atoms with E-state index in [1.807, 2.05) is 0 Å². The lowest BCUT2D eigenvalue weighted by molar-refractivity contribution is -0.209. The molecule has 0 aromatic heterocycles. The largest absolute Gasteiger partial charge is 0.393 e. The Morgan fingerprint density at radius 3 is 2.65 bits per heavy atom. The third-order valence-electron chi connectivity index (χ3n) is 9.59. The van der Waals surface area contributed by atoms with Gasteiger partial charge in [0.1, 0.15) is 11.6 Å². The first-order valence-electron chi connectivity index (χ1n) is 10.00. The summed E-state index contributed by atoms with van der Waals surface area (Å²) < 4.78 is 0. The maximum Gasteiger partial charge on any atom is 0.145 e. The van der Waals surface area contributed by atoms with Gasteiger partial charge in [0.25, 0.3) is 0 Å². The first kappa shape index (κ1) is 16.0. The van der Waals surface area contributed by atoms with Crippen LogP contribution in [-0.4, -0.2) is 58.5 Å². The molecule has 0 aromatic carbocycles. The van der Waals surface area contributed by atoms with Crippen molar-refractivity contribution in [2.24, 2.45) is 39.9 Å². The van der Waals surface area contributed by atoms with Crippen molar-refractivity contribution in [1.82, 2.24) is 4.90 Å². The molecule has 2 N–H and O–H groups in total. The third kappa shape index (κ3) is 1.28. The molecule has 140 valence electrons. The van der Waals surface area contributed by atoms with Gasteiger partial charge in [-0.15, -0.1) is 0 Å². The molecule has 2 spiro atoms. The molecule has 1 heterocycles. The standard InChI is InChI=1S/C21H27NO4/c1-9-11-4-13-20(18(9)26)7-12(24)16-19(2)5-10(23)6-21(13,16)17(22(3)8-19)14(20)15(11)25/h10-11,13-14,16-18,23,26H,1,4-8H2,2-3H3. The van der Waals surface area contributed by atoms with Crippen molar-refractivity contribution in [2.45, 2.75) is 50.9 Å². The first-order valence-corrected chi connectivity index (χ1v) is 10.00. The van der Waals surface area contributed by atoms with E-state index in [1.54, 1.807) is 0 Å². The van der Waals surface area contributed by atoms with E-state index >= 15 is 0 Å². The van der Waals surface area contributed by atoms with E-state index in [1.165, 1.54) is 0 Å². The number of hydrogen-bond donors (Lipinski definition) is 2. The van der Waals surface area contributed by atoms with Gasteiger partial charge in [-0.1, -0.05) is 13.5 Å². The van der Waals surface area contributed by atoms with Crippen LogP contribution >= 0.6 is 0 Å². The first-order chi connectivity index (χ1) is 12.2. The van der Waals surface area contributed by atoms with E-state index in [4.69, 9.17) is 0 Å². The lowest BCUT2D eigenvalue weighted by atomic mass is 9.39. The maximum absolute atomic E-state index is 13.5.